The quantitative estimate of drug-likeness (QED) is 0.138. The van der Waals surface area contributed by atoms with Gasteiger partial charge in [0, 0.05) is 19.6 Å². The molecule has 0 saturated carbocycles. The van der Waals surface area contributed by atoms with E-state index in [2.05, 4.69) is 35.2 Å². The fourth-order valence-electron chi connectivity index (χ4n) is 4.10. The molecule has 18 nitrogen and oxygen atoms in total. The summed E-state index contributed by atoms with van der Waals surface area (Å²) in [6.07, 6.45) is 5.92. The molecule has 41 heavy (non-hydrogen) atoms. The highest BCUT2D eigenvalue weighted by atomic mass is 16.4. The number of fused-ring (bicyclic) bond motifs is 2. The first kappa shape index (κ1) is 28.6. The lowest BCUT2D eigenvalue weighted by molar-refractivity contribution is -0.144. The van der Waals surface area contributed by atoms with Crippen LogP contribution in [0, 0.1) is 0 Å². The van der Waals surface area contributed by atoms with Gasteiger partial charge in [0.25, 0.3) is 0 Å². The van der Waals surface area contributed by atoms with Crippen molar-refractivity contribution in [3.63, 3.8) is 0 Å². The molecule has 0 spiro atoms. The standard InChI is InChI=1S/C23H29N13O5/c1-2-4-33(15(38)7-35-12-31-18-20(24)27-10-29-22(18)35)6-14(37)26-3-5-34(9-17(40)41)16(39)8-36-13-32-19-21(25)28-11-30-23(19)36/h10-13H,2-9H2,1H3,(H,26,37)(H,40,41)(H2,24,27,29)(H2,25,28,30). The average molecular weight is 568 g/mol. The second-order valence-electron chi connectivity index (χ2n) is 8.98. The van der Waals surface area contributed by atoms with Gasteiger partial charge in [0.15, 0.2) is 22.9 Å². The van der Waals surface area contributed by atoms with Gasteiger partial charge < -0.3 is 40.8 Å². The number of carboxylic acids is 1. The van der Waals surface area contributed by atoms with Crippen LogP contribution in [0.25, 0.3) is 22.3 Å². The molecule has 4 aromatic rings. The van der Waals surface area contributed by atoms with E-state index in [1.165, 1.54) is 39.3 Å². The molecule has 4 heterocycles. The molecule has 0 atom stereocenters. The Bertz CT molecular complexity index is 1580. The third kappa shape index (κ3) is 6.78. The summed E-state index contributed by atoms with van der Waals surface area (Å²) < 4.78 is 2.96. The Morgan fingerprint density at radius 3 is 1.80 bits per heavy atom. The molecule has 0 radical (unpaired) electrons. The van der Waals surface area contributed by atoms with Crippen LogP contribution in [0.1, 0.15) is 13.3 Å². The van der Waals surface area contributed by atoms with Crippen LogP contribution in [0.5, 0.6) is 0 Å². The lowest BCUT2D eigenvalue weighted by Gasteiger charge is -2.23. The molecule has 3 amide bonds. The average Bonchev–Trinajstić information content (AvgIpc) is 3.53. The van der Waals surface area contributed by atoms with Crippen molar-refractivity contribution in [3.05, 3.63) is 25.3 Å². The number of carboxylic acid groups (broad SMARTS) is 1. The maximum atomic E-state index is 13.0. The van der Waals surface area contributed by atoms with E-state index in [4.69, 9.17) is 11.5 Å². The van der Waals surface area contributed by atoms with Gasteiger partial charge in [-0.15, -0.1) is 0 Å². The highest BCUT2D eigenvalue weighted by Crippen LogP contribution is 2.15. The van der Waals surface area contributed by atoms with Gasteiger partial charge in [-0.2, -0.15) is 0 Å². The highest BCUT2D eigenvalue weighted by Gasteiger charge is 2.21. The molecule has 0 unspecified atom stereocenters. The predicted molar refractivity (Wildman–Crippen MR) is 144 cm³/mol. The minimum atomic E-state index is -1.22. The normalized spacial score (nSPS) is 11.0. The van der Waals surface area contributed by atoms with Crippen LogP contribution in [0.4, 0.5) is 11.6 Å². The van der Waals surface area contributed by atoms with Crippen molar-refractivity contribution < 1.29 is 24.3 Å². The Labute approximate surface area is 232 Å². The van der Waals surface area contributed by atoms with Crippen LogP contribution in [0.2, 0.25) is 0 Å². The SMILES string of the molecule is CCCN(CC(=O)NCCN(CC(=O)O)C(=O)Cn1cnc2c(N)ncnc21)C(=O)Cn1cnc2c(N)ncnc21. The minimum Gasteiger partial charge on any atom is -0.480 e. The van der Waals surface area contributed by atoms with Crippen LogP contribution in [0.3, 0.4) is 0 Å². The maximum absolute atomic E-state index is 13.0. The number of carbonyl (C=O) groups excluding carboxylic acids is 3. The van der Waals surface area contributed by atoms with Gasteiger partial charge in [0.1, 0.15) is 43.3 Å². The molecule has 0 saturated heterocycles. The second-order valence-corrected chi connectivity index (χ2v) is 8.98. The number of hydrogen-bond donors (Lipinski definition) is 4. The molecule has 0 bridgehead atoms. The third-order valence-corrected chi connectivity index (χ3v) is 6.03. The summed E-state index contributed by atoms with van der Waals surface area (Å²) in [5.41, 5.74) is 13.0. The summed E-state index contributed by atoms with van der Waals surface area (Å²) in [5.74, 6) is -2.21. The molecule has 0 aromatic carbocycles. The van der Waals surface area contributed by atoms with Crippen molar-refractivity contribution in [1.82, 2.24) is 54.2 Å². The van der Waals surface area contributed by atoms with Crippen molar-refractivity contribution >= 4 is 57.7 Å². The molecular formula is C23H29N13O5. The molecule has 4 aromatic heterocycles. The van der Waals surface area contributed by atoms with Crippen LogP contribution >= 0.6 is 0 Å². The number of amides is 3. The number of aromatic nitrogens is 8. The van der Waals surface area contributed by atoms with Crippen molar-refractivity contribution in [2.75, 3.05) is 44.2 Å². The van der Waals surface area contributed by atoms with E-state index in [0.29, 0.717) is 35.3 Å². The molecule has 0 aliphatic carbocycles. The molecule has 0 aliphatic heterocycles. The number of rotatable bonds is 13. The number of imidazole rings is 2. The molecule has 216 valence electrons. The van der Waals surface area contributed by atoms with Crippen LogP contribution < -0.4 is 16.8 Å². The van der Waals surface area contributed by atoms with Gasteiger partial charge in [0.2, 0.25) is 17.7 Å². The number of nitrogens with two attached hydrogens (primary N) is 2. The number of nitrogens with one attached hydrogen (secondary N) is 1. The zero-order chi connectivity index (χ0) is 29.5. The first-order valence-corrected chi connectivity index (χ1v) is 12.5. The number of hydrogen-bond acceptors (Lipinski definition) is 12. The van der Waals surface area contributed by atoms with Gasteiger partial charge >= 0.3 is 5.97 Å². The van der Waals surface area contributed by atoms with Gasteiger partial charge in [0.05, 0.1) is 19.2 Å². The smallest absolute Gasteiger partial charge is 0.323 e. The van der Waals surface area contributed by atoms with Crippen LogP contribution in [-0.2, 0) is 32.3 Å². The van der Waals surface area contributed by atoms with Gasteiger partial charge in [-0.1, -0.05) is 6.92 Å². The summed E-state index contributed by atoms with van der Waals surface area (Å²) in [6.45, 7) is 0.924. The van der Waals surface area contributed by atoms with Crippen molar-refractivity contribution in [3.8, 4) is 0 Å². The Morgan fingerprint density at radius 2 is 1.32 bits per heavy atom. The van der Waals surface area contributed by atoms with E-state index < -0.39 is 24.3 Å². The van der Waals surface area contributed by atoms with E-state index in [-0.39, 0.29) is 50.3 Å². The van der Waals surface area contributed by atoms with E-state index in [1.54, 1.807) is 0 Å². The van der Waals surface area contributed by atoms with Gasteiger partial charge in [-0.3, -0.25) is 19.2 Å². The Kier molecular flexibility index (Phi) is 8.80. The monoisotopic (exact) mass is 567 g/mol. The molecule has 0 fully saturated rings. The number of carbonyl (C=O) groups is 4. The van der Waals surface area contributed by atoms with Crippen molar-refractivity contribution in [2.24, 2.45) is 0 Å². The summed E-state index contributed by atoms with van der Waals surface area (Å²) in [6, 6.07) is 0. The molecule has 4 rings (SSSR count). The van der Waals surface area contributed by atoms with Crippen LogP contribution in [-0.4, -0.2) is 110 Å². The van der Waals surface area contributed by atoms with E-state index in [0.717, 1.165) is 4.90 Å². The molecular weight excluding hydrogens is 538 g/mol. The Morgan fingerprint density at radius 1 is 0.805 bits per heavy atom. The first-order chi connectivity index (χ1) is 19.7. The Balaban J connectivity index is 1.33. The summed E-state index contributed by atoms with van der Waals surface area (Å²) >= 11 is 0. The largest absolute Gasteiger partial charge is 0.480 e. The number of nitrogen functional groups attached to an aromatic ring is 2. The van der Waals surface area contributed by atoms with Crippen molar-refractivity contribution in [2.45, 2.75) is 26.4 Å². The third-order valence-electron chi connectivity index (χ3n) is 6.03. The minimum absolute atomic E-state index is 0.0336. The predicted octanol–water partition coefficient (Wildman–Crippen LogP) is -1.90. The highest BCUT2D eigenvalue weighted by molar-refractivity contribution is 5.87. The fourth-order valence-corrected chi connectivity index (χ4v) is 4.10. The zero-order valence-electron chi connectivity index (χ0n) is 22.2. The Hall–Kier alpha value is -5.42. The summed E-state index contributed by atoms with van der Waals surface area (Å²) in [7, 11) is 0. The van der Waals surface area contributed by atoms with E-state index in [9.17, 15) is 24.3 Å². The maximum Gasteiger partial charge on any atom is 0.323 e. The molecule has 6 N–H and O–H groups in total. The second kappa shape index (κ2) is 12.6. The lowest BCUT2D eigenvalue weighted by Crippen LogP contribution is -2.46. The summed E-state index contributed by atoms with van der Waals surface area (Å²) in [4.78, 5) is 76.6. The van der Waals surface area contributed by atoms with Gasteiger partial charge in [-0.25, -0.2) is 29.9 Å². The zero-order valence-corrected chi connectivity index (χ0v) is 22.2. The van der Waals surface area contributed by atoms with Gasteiger partial charge in [-0.05, 0) is 6.42 Å². The van der Waals surface area contributed by atoms with Crippen molar-refractivity contribution in [1.29, 1.82) is 0 Å². The number of nitrogens with zero attached hydrogens (tertiary/aromatic N) is 10. The lowest BCUT2D eigenvalue weighted by atomic mass is 10.3. The topological polar surface area (TPSA) is 246 Å². The van der Waals surface area contributed by atoms with E-state index >= 15 is 0 Å². The van der Waals surface area contributed by atoms with E-state index in [1.807, 2.05) is 6.92 Å². The first-order valence-electron chi connectivity index (χ1n) is 12.5. The molecule has 0 aliphatic rings. The number of aliphatic carboxylic acids is 1. The number of anilines is 2. The molecule has 18 heteroatoms. The van der Waals surface area contributed by atoms with Crippen LogP contribution in [0.15, 0.2) is 25.3 Å². The fraction of sp³-hybridized carbons (Fsp3) is 0.391. The summed E-state index contributed by atoms with van der Waals surface area (Å²) in [5, 5.41) is 11.9.